The van der Waals surface area contributed by atoms with E-state index in [9.17, 15) is 0 Å². The second kappa shape index (κ2) is 9.77. The first-order valence-electron chi connectivity index (χ1n) is 6.93. The van der Waals surface area contributed by atoms with Crippen molar-refractivity contribution in [1.29, 1.82) is 0 Å². The molecule has 1 heterocycles. The summed E-state index contributed by atoms with van der Waals surface area (Å²) in [5, 5.41) is 3.70. The Labute approximate surface area is 130 Å². The molecule has 0 saturated carbocycles. The Hall–Kier alpha value is -3.07. The maximum Gasteiger partial charge on any atom is 0.188 e. The third-order valence-corrected chi connectivity index (χ3v) is 2.62. The minimum Gasteiger partial charge on any atom is -0.267 e. The van der Waals surface area contributed by atoms with E-state index in [1.54, 1.807) is 6.08 Å². The van der Waals surface area contributed by atoms with E-state index >= 15 is 0 Å². The molecule has 22 heavy (non-hydrogen) atoms. The number of nitrogens with zero attached hydrogens (tertiary/aromatic N) is 1. The smallest absolute Gasteiger partial charge is 0.188 e. The lowest BCUT2D eigenvalue weighted by molar-refractivity contribution is -0.206. The van der Waals surface area contributed by atoms with Crippen molar-refractivity contribution in [2.24, 2.45) is 5.16 Å². The molecule has 1 aliphatic rings. The van der Waals surface area contributed by atoms with Crippen LogP contribution in [0, 0.1) is 0 Å². The third-order valence-electron chi connectivity index (χ3n) is 2.62. The normalized spacial score (nSPS) is 14.7. The lowest BCUT2D eigenvalue weighted by Gasteiger charge is -2.02. The molecule has 2 rings (SSSR count). The van der Waals surface area contributed by atoms with E-state index in [-0.39, 0.29) is 0 Å². The van der Waals surface area contributed by atoms with Crippen LogP contribution in [0.1, 0.15) is 5.56 Å². The first-order valence-corrected chi connectivity index (χ1v) is 6.93. The summed E-state index contributed by atoms with van der Waals surface area (Å²) in [6.07, 6.45) is 24.5. The molecule has 0 N–H and O–H groups in total. The van der Waals surface area contributed by atoms with Gasteiger partial charge in [-0.05, 0) is 17.3 Å². The van der Waals surface area contributed by atoms with Crippen molar-refractivity contribution in [3.8, 4) is 5.75 Å². The summed E-state index contributed by atoms with van der Waals surface area (Å²) in [5.41, 5.74) is 0.908. The SMILES string of the molecule is C1=CC=CC=CC=NOOc2ccccc2C=CC=CC=C1. The van der Waals surface area contributed by atoms with Crippen LogP contribution in [-0.2, 0) is 4.99 Å². The summed E-state index contributed by atoms with van der Waals surface area (Å²) in [4.78, 5) is 10.0. The molecule has 0 atom stereocenters. The number of allylic oxidation sites excluding steroid dienone is 11. The largest absolute Gasteiger partial charge is 0.267 e. The van der Waals surface area contributed by atoms with Crippen LogP contribution >= 0.6 is 0 Å². The van der Waals surface area contributed by atoms with Crippen molar-refractivity contribution in [3.63, 3.8) is 0 Å². The topological polar surface area (TPSA) is 30.8 Å². The van der Waals surface area contributed by atoms with Crippen molar-refractivity contribution in [1.82, 2.24) is 0 Å². The first-order chi connectivity index (χ1) is 11.0. The number of oxime groups is 1. The van der Waals surface area contributed by atoms with Gasteiger partial charge in [-0.3, -0.25) is 4.89 Å². The Morgan fingerprint density at radius 3 is 1.95 bits per heavy atom. The van der Waals surface area contributed by atoms with E-state index in [2.05, 4.69) is 5.16 Å². The van der Waals surface area contributed by atoms with Crippen molar-refractivity contribution < 1.29 is 9.88 Å². The molecule has 0 bridgehead atoms. The molecule has 0 aliphatic carbocycles. The van der Waals surface area contributed by atoms with Gasteiger partial charge in [0.2, 0.25) is 0 Å². The zero-order chi connectivity index (χ0) is 15.3. The standard InChI is InChI=1S/C19H17NO2/c1-2-4-6-8-10-14-18-15-11-12-16-19(18)21-22-20-17-13-9-7-5-3-1/h1-17H. The van der Waals surface area contributed by atoms with Gasteiger partial charge in [-0.1, -0.05) is 85.0 Å². The summed E-state index contributed by atoms with van der Waals surface area (Å²) < 4.78 is 0. The molecule has 1 aromatic carbocycles. The van der Waals surface area contributed by atoms with E-state index < -0.39 is 0 Å². The number of rotatable bonds is 0. The van der Waals surface area contributed by atoms with Crippen LogP contribution in [0.4, 0.5) is 0 Å². The number of fused-ring (bicyclic) bond motifs is 1. The van der Waals surface area contributed by atoms with Gasteiger partial charge in [0.1, 0.15) is 0 Å². The molecule has 0 fully saturated rings. The molecular weight excluding hydrogens is 274 g/mol. The maximum atomic E-state index is 5.18. The van der Waals surface area contributed by atoms with Crippen LogP contribution < -0.4 is 4.89 Å². The average molecular weight is 291 g/mol. The molecule has 0 unspecified atom stereocenters. The fraction of sp³-hybridized carbons (Fsp3) is 0. The zero-order valence-corrected chi connectivity index (χ0v) is 12.1. The third kappa shape index (κ3) is 5.92. The predicted molar refractivity (Wildman–Crippen MR) is 91.4 cm³/mol. The number of hydrogen-bond donors (Lipinski definition) is 0. The Bertz CT molecular complexity index is 662. The minimum atomic E-state index is 0.604. The van der Waals surface area contributed by atoms with Crippen LogP contribution in [0.25, 0.3) is 6.08 Å². The highest BCUT2D eigenvalue weighted by Gasteiger charge is 1.99. The average Bonchev–Trinajstić information content (AvgIpc) is 2.55. The van der Waals surface area contributed by atoms with E-state index in [1.807, 2.05) is 91.1 Å². The molecular formula is C19H17NO2. The predicted octanol–water partition coefficient (Wildman–Crippen LogP) is 4.79. The summed E-state index contributed by atoms with van der Waals surface area (Å²) >= 11 is 0. The minimum absolute atomic E-state index is 0.604. The Morgan fingerprint density at radius 2 is 1.23 bits per heavy atom. The van der Waals surface area contributed by atoms with E-state index in [0.717, 1.165) is 5.56 Å². The van der Waals surface area contributed by atoms with Crippen LogP contribution in [0.3, 0.4) is 0 Å². The highest BCUT2D eigenvalue weighted by atomic mass is 17.3. The van der Waals surface area contributed by atoms with Gasteiger partial charge in [0.05, 0.1) is 6.21 Å². The Balaban J connectivity index is 2.16. The van der Waals surface area contributed by atoms with Crippen molar-refractivity contribution in [2.45, 2.75) is 0 Å². The van der Waals surface area contributed by atoms with Crippen molar-refractivity contribution >= 4 is 12.3 Å². The van der Waals surface area contributed by atoms with Crippen molar-refractivity contribution in [3.05, 3.63) is 96.7 Å². The van der Waals surface area contributed by atoms with Gasteiger partial charge >= 0.3 is 0 Å². The van der Waals surface area contributed by atoms with Crippen molar-refractivity contribution in [2.75, 3.05) is 0 Å². The van der Waals surface area contributed by atoms with Crippen LogP contribution in [-0.4, -0.2) is 6.21 Å². The fourth-order valence-electron chi connectivity index (χ4n) is 1.60. The molecule has 1 aliphatic heterocycles. The maximum absolute atomic E-state index is 5.18. The van der Waals surface area contributed by atoms with Gasteiger partial charge in [0.15, 0.2) is 5.75 Å². The molecule has 0 spiro atoms. The zero-order valence-electron chi connectivity index (χ0n) is 12.1. The van der Waals surface area contributed by atoms with Crippen LogP contribution in [0.2, 0.25) is 0 Å². The van der Waals surface area contributed by atoms with E-state index in [4.69, 9.17) is 9.88 Å². The molecule has 1 aromatic rings. The summed E-state index contributed by atoms with van der Waals surface area (Å²) in [6, 6.07) is 7.57. The van der Waals surface area contributed by atoms with Crippen LogP contribution in [0.15, 0.2) is 96.3 Å². The monoisotopic (exact) mass is 291 g/mol. The quantitative estimate of drug-likeness (QED) is 0.643. The lowest BCUT2D eigenvalue weighted by Crippen LogP contribution is -1.92. The van der Waals surface area contributed by atoms with E-state index in [1.165, 1.54) is 6.21 Å². The number of para-hydroxylation sites is 1. The number of hydrogen-bond acceptors (Lipinski definition) is 3. The summed E-state index contributed by atoms with van der Waals surface area (Å²) in [5.74, 6) is 0.604. The molecule has 0 radical (unpaired) electrons. The molecule has 110 valence electrons. The Morgan fingerprint density at radius 1 is 0.636 bits per heavy atom. The second-order valence-electron chi connectivity index (χ2n) is 4.23. The molecule has 3 nitrogen and oxygen atoms in total. The molecule has 0 amide bonds. The molecule has 0 saturated heterocycles. The fourth-order valence-corrected chi connectivity index (χ4v) is 1.60. The van der Waals surface area contributed by atoms with Gasteiger partial charge in [-0.2, -0.15) is 4.99 Å². The summed E-state index contributed by atoms with van der Waals surface area (Å²) in [7, 11) is 0. The second-order valence-corrected chi connectivity index (χ2v) is 4.23. The highest BCUT2D eigenvalue weighted by molar-refractivity contribution is 5.70. The van der Waals surface area contributed by atoms with Gasteiger partial charge in [-0.25, -0.2) is 0 Å². The highest BCUT2D eigenvalue weighted by Crippen LogP contribution is 2.19. The van der Waals surface area contributed by atoms with Gasteiger partial charge in [-0.15, -0.1) is 0 Å². The van der Waals surface area contributed by atoms with Crippen LogP contribution in [0.5, 0.6) is 5.75 Å². The van der Waals surface area contributed by atoms with Gasteiger partial charge in [0.25, 0.3) is 0 Å². The number of benzene rings is 1. The summed E-state index contributed by atoms with van der Waals surface area (Å²) in [6.45, 7) is 0. The van der Waals surface area contributed by atoms with Gasteiger partial charge in [0, 0.05) is 5.56 Å². The lowest BCUT2D eigenvalue weighted by atomic mass is 10.2. The molecule has 3 heteroatoms. The molecule has 0 aromatic heterocycles. The first kappa shape index (κ1) is 15.3. The van der Waals surface area contributed by atoms with E-state index in [0.29, 0.717) is 5.75 Å². The Kier molecular flexibility index (Phi) is 6.81. The van der Waals surface area contributed by atoms with Gasteiger partial charge < -0.3 is 0 Å².